The molecule has 0 saturated carbocycles. The topological polar surface area (TPSA) is 54.5 Å². The molecule has 1 atom stereocenters. The first kappa shape index (κ1) is 20.0. The van der Waals surface area contributed by atoms with Gasteiger partial charge >= 0.3 is 5.97 Å². The highest BCUT2D eigenvalue weighted by atomic mass is 19.1. The third-order valence-corrected chi connectivity index (χ3v) is 4.73. The summed E-state index contributed by atoms with van der Waals surface area (Å²) < 4.78 is 19.2. The molecule has 1 saturated heterocycles. The van der Waals surface area contributed by atoms with Crippen LogP contribution in [0.1, 0.15) is 24.5 Å². The molecule has 2 heterocycles. The summed E-state index contributed by atoms with van der Waals surface area (Å²) in [5.41, 5.74) is 1.85. The molecule has 1 fully saturated rings. The first-order valence-corrected chi connectivity index (χ1v) is 9.67. The number of likely N-dealkylation sites (tertiary alicyclic amines) is 1. The molecular weight excluding hydrogens is 357 g/mol. The van der Waals surface area contributed by atoms with Crippen molar-refractivity contribution in [1.82, 2.24) is 9.88 Å². The Balaban J connectivity index is 1.49. The molecule has 6 heteroatoms. The maximum Gasteiger partial charge on any atom is 0.330 e. The second-order valence-electron chi connectivity index (χ2n) is 6.85. The molecule has 1 aliphatic heterocycles. The Hall–Kier alpha value is -2.73. The average Bonchev–Trinajstić information content (AvgIpc) is 3.15. The number of hydrogen-bond acceptors (Lipinski definition) is 5. The summed E-state index contributed by atoms with van der Waals surface area (Å²) in [5, 5.41) is 3.21. The fraction of sp³-hybridized carbons (Fsp3) is 0.364. The molecule has 1 aromatic heterocycles. The lowest BCUT2D eigenvalue weighted by Crippen LogP contribution is -2.28. The largest absolute Gasteiger partial charge is 0.463 e. The van der Waals surface area contributed by atoms with E-state index >= 15 is 0 Å². The van der Waals surface area contributed by atoms with E-state index < -0.39 is 11.8 Å². The molecular formula is C22H26FN3O2. The molecule has 3 rings (SSSR count). The molecule has 0 spiro atoms. The van der Waals surface area contributed by atoms with E-state index in [1.54, 1.807) is 13.1 Å². The van der Waals surface area contributed by atoms with Crippen LogP contribution in [0.25, 0.3) is 6.08 Å². The van der Waals surface area contributed by atoms with Crippen molar-refractivity contribution in [2.24, 2.45) is 0 Å². The number of benzene rings is 1. The molecule has 0 bridgehead atoms. The number of halogens is 1. The van der Waals surface area contributed by atoms with Crippen LogP contribution in [0.4, 0.5) is 10.2 Å². The Morgan fingerprint density at radius 3 is 2.96 bits per heavy atom. The van der Waals surface area contributed by atoms with E-state index in [1.165, 1.54) is 23.8 Å². The molecule has 28 heavy (non-hydrogen) atoms. The van der Waals surface area contributed by atoms with Crippen LogP contribution in [0.15, 0.2) is 48.7 Å². The zero-order valence-corrected chi connectivity index (χ0v) is 16.1. The number of carbonyl (C=O) groups excluding carboxylic acids is 1. The molecule has 1 aromatic carbocycles. The van der Waals surface area contributed by atoms with E-state index in [2.05, 4.69) is 39.5 Å². The van der Waals surface area contributed by atoms with Gasteiger partial charge in [-0.25, -0.2) is 14.2 Å². The zero-order chi connectivity index (χ0) is 19.8. The molecule has 5 nitrogen and oxygen atoms in total. The molecule has 0 unspecified atom stereocenters. The van der Waals surface area contributed by atoms with Crippen molar-refractivity contribution < 1.29 is 13.9 Å². The molecule has 2 aromatic rings. The van der Waals surface area contributed by atoms with Gasteiger partial charge in [0.2, 0.25) is 0 Å². The molecule has 1 N–H and O–H groups in total. The van der Waals surface area contributed by atoms with Gasteiger partial charge in [-0.1, -0.05) is 30.3 Å². The van der Waals surface area contributed by atoms with Gasteiger partial charge in [-0.15, -0.1) is 0 Å². The minimum absolute atomic E-state index is 0.179. The average molecular weight is 383 g/mol. The van der Waals surface area contributed by atoms with Gasteiger partial charge in [-0.2, -0.15) is 0 Å². The second kappa shape index (κ2) is 9.99. The lowest BCUT2D eigenvalue weighted by molar-refractivity contribution is -0.137. The number of pyridine rings is 1. The van der Waals surface area contributed by atoms with Crippen LogP contribution in [0.3, 0.4) is 0 Å². The molecule has 0 radical (unpaired) electrons. The minimum Gasteiger partial charge on any atom is -0.463 e. The van der Waals surface area contributed by atoms with Gasteiger partial charge in [-0.3, -0.25) is 0 Å². The van der Waals surface area contributed by atoms with Crippen molar-refractivity contribution in [3.8, 4) is 0 Å². The summed E-state index contributed by atoms with van der Waals surface area (Å²) >= 11 is 0. The van der Waals surface area contributed by atoms with Gasteiger partial charge in [0.1, 0.15) is 0 Å². The Labute approximate surface area is 165 Å². The summed E-state index contributed by atoms with van der Waals surface area (Å²) in [6, 6.07) is 12.0. The van der Waals surface area contributed by atoms with Crippen LogP contribution in [0, 0.1) is 5.82 Å². The number of nitrogens with one attached hydrogen (secondary N) is 1. The Morgan fingerprint density at radius 2 is 2.21 bits per heavy atom. The number of ether oxygens (including phenoxy) is 1. The quantitative estimate of drug-likeness (QED) is 0.558. The van der Waals surface area contributed by atoms with Crippen LogP contribution < -0.4 is 5.32 Å². The first-order chi connectivity index (χ1) is 13.6. The number of esters is 1. The van der Waals surface area contributed by atoms with E-state index in [1.807, 2.05) is 6.07 Å². The van der Waals surface area contributed by atoms with Crippen molar-refractivity contribution in [3.05, 3.63) is 65.6 Å². The van der Waals surface area contributed by atoms with Gasteiger partial charge in [0, 0.05) is 37.9 Å². The Bertz CT molecular complexity index is 811. The van der Waals surface area contributed by atoms with Gasteiger partial charge in [-0.05, 0) is 43.0 Å². The SMILES string of the molecule is CCOC(=O)C=Cc1cnc(N[C@@H]2CCN(CCc3ccccc3)C2)c(F)c1. The standard InChI is InChI=1S/C22H26FN3O2/c1-2-28-21(27)9-8-18-14-20(23)22(24-15-18)25-19-11-13-26(16-19)12-10-17-6-4-3-5-7-17/h3-9,14-15,19H,2,10-13,16H2,1H3,(H,24,25)/t19-/m1/s1. The molecule has 0 aliphatic carbocycles. The first-order valence-electron chi connectivity index (χ1n) is 9.67. The fourth-order valence-electron chi connectivity index (χ4n) is 3.28. The fourth-order valence-corrected chi connectivity index (χ4v) is 3.28. The van der Waals surface area contributed by atoms with Gasteiger partial charge in [0.25, 0.3) is 0 Å². The van der Waals surface area contributed by atoms with E-state index in [0.717, 1.165) is 32.5 Å². The van der Waals surface area contributed by atoms with E-state index in [4.69, 9.17) is 4.74 Å². The number of nitrogens with zero attached hydrogens (tertiary/aromatic N) is 2. The van der Waals surface area contributed by atoms with Crippen LogP contribution >= 0.6 is 0 Å². The maximum absolute atomic E-state index is 14.4. The predicted octanol–water partition coefficient (Wildman–Crippen LogP) is 3.53. The number of anilines is 1. The van der Waals surface area contributed by atoms with Gasteiger partial charge in [0.15, 0.2) is 11.6 Å². The van der Waals surface area contributed by atoms with Gasteiger partial charge in [0.05, 0.1) is 6.61 Å². The van der Waals surface area contributed by atoms with Crippen molar-refractivity contribution in [1.29, 1.82) is 0 Å². The van der Waals surface area contributed by atoms with E-state index in [-0.39, 0.29) is 11.9 Å². The monoisotopic (exact) mass is 383 g/mol. The summed E-state index contributed by atoms with van der Waals surface area (Å²) in [7, 11) is 0. The second-order valence-corrected chi connectivity index (χ2v) is 6.85. The highest BCUT2D eigenvalue weighted by molar-refractivity contribution is 5.87. The third-order valence-electron chi connectivity index (χ3n) is 4.73. The summed E-state index contributed by atoms with van der Waals surface area (Å²) in [5.74, 6) is -0.622. The number of carbonyl (C=O) groups is 1. The lowest BCUT2D eigenvalue weighted by atomic mass is 10.1. The predicted molar refractivity (Wildman–Crippen MR) is 108 cm³/mol. The van der Waals surface area contributed by atoms with E-state index in [0.29, 0.717) is 12.2 Å². The summed E-state index contributed by atoms with van der Waals surface area (Å²) in [6.45, 7) is 4.91. The van der Waals surface area contributed by atoms with Crippen molar-refractivity contribution in [2.75, 3.05) is 31.6 Å². The van der Waals surface area contributed by atoms with Crippen LogP contribution in [0.2, 0.25) is 0 Å². The van der Waals surface area contributed by atoms with Crippen LogP contribution in [-0.2, 0) is 16.0 Å². The molecule has 148 valence electrons. The highest BCUT2D eigenvalue weighted by Gasteiger charge is 2.23. The summed E-state index contributed by atoms with van der Waals surface area (Å²) in [4.78, 5) is 17.9. The lowest BCUT2D eigenvalue weighted by Gasteiger charge is -2.17. The number of hydrogen-bond donors (Lipinski definition) is 1. The van der Waals surface area contributed by atoms with Gasteiger partial charge < -0.3 is 15.0 Å². The smallest absolute Gasteiger partial charge is 0.330 e. The molecule has 1 aliphatic rings. The Morgan fingerprint density at radius 1 is 1.39 bits per heavy atom. The van der Waals surface area contributed by atoms with Crippen molar-refractivity contribution in [2.45, 2.75) is 25.8 Å². The molecule has 0 amide bonds. The summed E-state index contributed by atoms with van der Waals surface area (Å²) in [6.07, 6.45) is 6.29. The highest BCUT2D eigenvalue weighted by Crippen LogP contribution is 2.18. The normalized spacial score (nSPS) is 17.1. The third kappa shape index (κ3) is 5.89. The number of rotatable bonds is 8. The van der Waals surface area contributed by atoms with Crippen molar-refractivity contribution >= 4 is 17.9 Å². The maximum atomic E-state index is 14.4. The van der Waals surface area contributed by atoms with E-state index in [9.17, 15) is 9.18 Å². The zero-order valence-electron chi connectivity index (χ0n) is 16.1. The number of aromatic nitrogens is 1. The van der Waals surface area contributed by atoms with Crippen LogP contribution in [-0.4, -0.2) is 48.1 Å². The van der Waals surface area contributed by atoms with Crippen molar-refractivity contribution in [3.63, 3.8) is 0 Å². The Kier molecular flexibility index (Phi) is 7.14. The van der Waals surface area contributed by atoms with Crippen LogP contribution in [0.5, 0.6) is 0 Å². The minimum atomic E-state index is -0.452.